The van der Waals surface area contributed by atoms with Crippen LogP contribution in [0.15, 0.2) is 41.6 Å². The van der Waals surface area contributed by atoms with E-state index in [-0.39, 0.29) is 16.8 Å². The van der Waals surface area contributed by atoms with Crippen molar-refractivity contribution in [2.45, 2.75) is 37.6 Å². The molecule has 1 unspecified atom stereocenters. The Morgan fingerprint density at radius 2 is 2.22 bits per heavy atom. The van der Waals surface area contributed by atoms with Gasteiger partial charge in [0.1, 0.15) is 5.75 Å². The van der Waals surface area contributed by atoms with E-state index in [1.807, 2.05) is 6.07 Å². The Kier molecular flexibility index (Phi) is 3.51. The van der Waals surface area contributed by atoms with Gasteiger partial charge in [0.25, 0.3) is 0 Å². The average Bonchev–Trinajstić information content (AvgIpc) is 3.26. The maximum Gasteiger partial charge on any atom is 0.335 e. The van der Waals surface area contributed by atoms with E-state index in [1.165, 1.54) is 12.7 Å². The molecule has 3 aliphatic heterocycles. The molecule has 3 atom stereocenters. The van der Waals surface area contributed by atoms with Gasteiger partial charge in [0.2, 0.25) is 0 Å². The highest BCUT2D eigenvalue weighted by atomic mass is 16.5. The third-order valence-electron chi connectivity index (χ3n) is 7.27. The van der Waals surface area contributed by atoms with Crippen molar-refractivity contribution in [2.24, 2.45) is 5.41 Å². The molecule has 0 radical (unpaired) electrons. The minimum atomic E-state index is -0.208. The number of carbonyl (C=O) groups excluding carboxylic acids is 1. The number of carbonyl (C=O) groups is 1. The molecule has 1 aromatic carbocycles. The van der Waals surface area contributed by atoms with E-state index in [2.05, 4.69) is 41.4 Å². The molecule has 4 aliphatic rings. The molecule has 1 saturated heterocycles. The Balaban J connectivity index is 1.80. The zero-order chi connectivity index (χ0) is 18.8. The highest BCUT2D eigenvalue weighted by Crippen LogP contribution is 2.64. The van der Waals surface area contributed by atoms with Crippen molar-refractivity contribution in [3.8, 4) is 5.75 Å². The fourth-order valence-corrected chi connectivity index (χ4v) is 6.18. The molecule has 1 fully saturated rings. The number of esters is 1. The molecule has 142 valence electrons. The number of rotatable bonds is 3. The van der Waals surface area contributed by atoms with Crippen LogP contribution >= 0.6 is 0 Å². The summed E-state index contributed by atoms with van der Waals surface area (Å²) in [5.41, 5.74) is 4.01. The van der Waals surface area contributed by atoms with Gasteiger partial charge in [-0.25, -0.2) is 4.79 Å². The monoisotopic (exact) mass is 366 g/mol. The molecule has 5 nitrogen and oxygen atoms in total. The quantitative estimate of drug-likeness (QED) is 0.657. The predicted octanol–water partition coefficient (Wildman–Crippen LogP) is 3.23. The van der Waals surface area contributed by atoms with Gasteiger partial charge < -0.3 is 14.8 Å². The number of anilines is 1. The Hall–Kier alpha value is -2.27. The van der Waals surface area contributed by atoms with Crippen molar-refractivity contribution in [3.05, 3.63) is 47.2 Å². The van der Waals surface area contributed by atoms with Crippen molar-refractivity contribution in [2.75, 3.05) is 32.6 Å². The third kappa shape index (κ3) is 1.95. The van der Waals surface area contributed by atoms with Crippen molar-refractivity contribution in [1.82, 2.24) is 4.90 Å². The summed E-state index contributed by atoms with van der Waals surface area (Å²) >= 11 is 0. The number of hydrogen-bond acceptors (Lipinski definition) is 5. The molecule has 5 heteroatoms. The normalized spacial score (nSPS) is 33.2. The van der Waals surface area contributed by atoms with Gasteiger partial charge in [-0.05, 0) is 30.9 Å². The lowest BCUT2D eigenvalue weighted by molar-refractivity contribution is -0.137. The molecule has 1 aromatic rings. The Bertz CT molecular complexity index is 890. The van der Waals surface area contributed by atoms with E-state index in [1.54, 1.807) is 7.11 Å². The van der Waals surface area contributed by atoms with Gasteiger partial charge in [-0.2, -0.15) is 0 Å². The number of nitrogens with zero attached hydrogens (tertiary/aromatic N) is 1. The first-order valence-electron chi connectivity index (χ1n) is 9.79. The topological polar surface area (TPSA) is 50.8 Å². The zero-order valence-corrected chi connectivity index (χ0v) is 16.2. The number of benzene rings is 1. The Labute approximate surface area is 160 Å². The van der Waals surface area contributed by atoms with E-state index in [4.69, 9.17) is 9.47 Å². The van der Waals surface area contributed by atoms with Gasteiger partial charge in [0.15, 0.2) is 0 Å². The van der Waals surface area contributed by atoms with Crippen LogP contribution in [0, 0.1) is 5.41 Å². The molecule has 0 bridgehead atoms. The summed E-state index contributed by atoms with van der Waals surface area (Å²) in [6.45, 7) is 4.28. The standard InChI is InChI=1S/C22H26N2O3/c1-4-21-8-5-10-24-11-9-22(20(21)24)16-7-6-14(26-2)12-17(16)23-18(22)15(13-21)19(25)27-3/h5-8,12,20,23H,4,9-11,13H2,1-3H3/t20-,21-,22?/m0/s1. The van der Waals surface area contributed by atoms with Gasteiger partial charge in [0.05, 0.1) is 25.2 Å². The Morgan fingerprint density at radius 3 is 2.96 bits per heavy atom. The van der Waals surface area contributed by atoms with Gasteiger partial charge in [-0.15, -0.1) is 0 Å². The maximum absolute atomic E-state index is 12.8. The molecule has 1 N–H and O–H groups in total. The van der Waals surface area contributed by atoms with Gasteiger partial charge in [-0.1, -0.05) is 25.1 Å². The van der Waals surface area contributed by atoms with Crippen LogP contribution in [0.1, 0.15) is 31.7 Å². The summed E-state index contributed by atoms with van der Waals surface area (Å²) in [6, 6.07) is 6.65. The van der Waals surface area contributed by atoms with E-state index in [0.29, 0.717) is 6.04 Å². The fraction of sp³-hybridized carbons (Fsp3) is 0.500. The molecule has 27 heavy (non-hydrogen) atoms. The summed E-state index contributed by atoms with van der Waals surface area (Å²) in [7, 11) is 3.17. The van der Waals surface area contributed by atoms with Gasteiger partial charge in [-0.3, -0.25) is 4.90 Å². The van der Waals surface area contributed by atoms with Crippen molar-refractivity contribution < 1.29 is 14.3 Å². The first-order chi connectivity index (χ1) is 13.1. The number of fused-ring (bicyclic) bond motifs is 1. The van der Waals surface area contributed by atoms with Crippen LogP contribution in [0.4, 0.5) is 5.69 Å². The smallest absolute Gasteiger partial charge is 0.335 e. The van der Waals surface area contributed by atoms with E-state index in [9.17, 15) is 4.79 Å². The van der Waals surface area contributed by atoms with Crippen LogP contribution in [0.3, 0.4) is 0 Å². The second-order valence-electron chi connectivity index (χ2n) is 8.17. The Morgan fingerprint density at radius 1 is 1.37 bits per heavy atom. The minimum Gasteiger partial charge on any atom is -0.497 e. The van der Waals surface area contributed by atoms with E-state index in [0.717, 1.165) is 55.1 Å². The summed E-state index contributed by atoms with van der Waals surface area (Å²) in [5.74, 6) is 0.622. The number of methoxy groups -OCH3 is 2. The first-order valence-corrected chi connectivity index (χ1v) is 9.79. The van der Waals surface area contributed by atoms with E-state index >= 15 is 0 Å². The highest BCUT2D eigenvalue weighted by molar-refractivity contribution is 5.93. The van der Waals surface area contributed by atoms with Crippen LogP contribution in [0.2, 0.25) is 0 Å². The first kappa shape index (κ1) is 16.9. The average molecular weight is 366 g/mol. The number of ether oxygens (including phenoxy) is 2. The zero-order valence-electron chi connectivity index (χ0n) is 16.2. The molecular formula is C22H26N2O3. The van der Waals surface area contributed by atoms with Crippen LogP contribution in [0.25, 0.3) is 0 Å². The summed E-state index contributed by atoms with van der Waals surface area (Å²) in [6.07, 6.45) is 7.41. The minimum absolute atomic E-state index is 0.0367. The highest BCUT2D eigenvalue weighted by Gasteiger charge is 2.65. The predicted molar refractivity (Wildman–Crippen MR) is 104 cm³/mol. The maximum atomic E-state index is 12.8. The summed E-state index contributed by atoms with van der Waals surface area (Å²) < 4.78 is 10.7. The molecule has 1 aliphatic carbocycles. The molecule has 0 aromatic heterocycles. The van der Waals surface area contributed by atoms with Crippen molar-refractivity contribution in [1.29, 1.82) is 0 Å². The second kappa shape index (κ2) is 5.61. The van der Waals surface area contributed by atoms with Gasteiger partial charge in [0, 0.05) is 42.0 Å². The largest absolute Gasteiger partial charge is 0.497 e. The van der Waals surface area contributed by atoms with Crippen LogP contribution < -0.4 is 10.1 Å². The fourth-order valence-electron chi connectivity index (χ4n) is 6.18. The summed E-state index contributed by atoms with van der Waals surface area (Å²) in [4.78, 5) is 15.4. The van der Waals surface area contributed by atoms with Crippen LogP contribution in [0.5, 0.6) is 5.75 Å². The molecule has 5 rings (SSSR count). The molecule has 1 spiro atoms. The second-order valence-corrected chi connectivity index (χ2v) is 8.17. The lowest BCUT2D eigenvalue weighted by Crippen LogP contribution is -2.58. The third-order valence-corrected chi connectivity index (χ3v) is 7.27. The molecular weight excluding hydrogens is 340 g/mol. The summed E-state index contributed by atoms with van der Waals surface area (Å²) in [5, 5.41) is 3.62. The van der Waals surface area contributed by atoms with Crippen molar-refractivity contribution >= 4 is 11.7 Å². The lowest BCUT2D eigenvalue weighted by Gasteiger charge is -2.53. The van der Waals surface area contributed by atoms with Crippen LogP contribution in [-0.4, -0.2) is 44.2 Å². The SMILES string of the molecule is CC[C@]12C=CCN3CCC4(C(=C(C(=O)OC)C1)Nc1cc(OC)ccc14)[C@@H]32. The number of hydrogen-bond donors (Lipinski definition) is 1. The van der Waals surface area contributed by atoms with E-state index < -0.39 is 0 Å². The van der Waals surface area contributed by atoms with Gasteiger partial charge >= 0.3 is 5.97 Å². The lowest BCUT2D eigenvalue weighted by atomic mass is 9.55. The molecule has 0 saturated carbocycles. The molecule has 0 amide bonds. The number of nitrogens with one attached hydrogen (secondary N) is 1. The van der Waals surface area contributed by atoms with Crippen LogP contribution in [-0.2, 0) is 14.9 Å². The molecule has 3 heterocycles. The van der Waals surface area contributed by atoms with Crippen molar-refractivity contribution in [3.63, 3.8) is 0 Å².